The number of sulfonamides is 1. The van der Waals surface area contributed by atoms with Crippen molar-refractivity contribution in [3.63, 3.8) is 0 Å². The Kier molecular flexibility index (Phi) is 6.82. The number of rotatable bonds is 7. The first kappa shape index (κ1) is 21.6. The van der Waals surface area contributed by atoms with E-state index in [4.69, 9.17) is 11.6 Å². The van der Waals surface area contributed by atoms with Crippen LogP contribution in [0.3, 0.4) is 0 Å². The lowest BCUT2D eigenvalue weighted by molar-refractivity contribution is 0.102. The summed E-state index contributed by atoms with van der Waals surface area (Å²) in [6, 6.07) is 10.1. The molecule has 1 amide bonds. The number of hydrogen-bond donors (Lipinski definition) is 2. The molecule has 1 aliphatic heterocycles. The lowest BCUT2D eigenvalue weighted by Gasteiger charge is -2.22. The minimum Gasteiger partial charge on any atom is -0.370 e. The van der Waals surface area contributed by atoms with Crippen molar-refractivity contribution < 1.29 is 13.2 Å². The number of nitrogens with zero attached hydrogens (tertiary/aromatic N) is 1. The van der Waals surface area contributed by atoms with Crippen LogP contribution in [0, 0.1) is 6.92 Å². The van der Waals surface area contributed by atoms with Gasteiger partial charge in [-0.15, -0.1) is 0 Å². The zero-order valence-corrected chi connectivity index (χ0v) is 18.2. The summed E-state index contributed by atoms with van der Waals surface area (Å²) in [5, 5.41) is 3.34. The van der Waals surface area contributed by atoms with Gasteiger partial charge in [0.2, 0.25) is 10.0 Å². The molecule has 0 spiro atoms. The third-order valence-electron chi connectivity index (χ3n) is 4.95. The van der Waals surface area contributed by atoms with E-state index >= 15 is 0 Å². The molecular weight excluding hydrogens is 410 g/mol. The minimum absolute atomic E-state index is 0.142. The van der Waals surface area contributed by atoms with Gasteiger partial charge in [-0.2, -0.15) is 0 Å². The first-order valence-electron chi connectivity index (χ1n) is 9.78. The van der Waals surface area contributed by atoms with Gasteiger partial charge >= 0.3 is 0 Å². The summed E-state index contributed by atoms with van der Waals surface area (Å²) < 4.78 is 28.4. The van der Waals surface area contributed by atoms with Crippen LogP contribution in [-0.2, 0) is 10.0 Å². The lowest BCUT2D eigenvalue weighted by Crippen LogP contribution is -2.28. The van der Waals surface area contributed by atoms with Crippen molar-refractivity contribution in [3.8, 4) is 0 Å². The molecular formula is C21H26ClN3O3S. The van der Waals surface area contributed by atoms with E-state index < -0.39 is 10.0 Å². The summed E-state index contributed by atoms with van der Waals surface area (Å²) in [5.41, 5.74) is 2.39. The van der Waals surface area contributed by atoms with Crippen LogP contribution in [0.25, 0.3) is 0 Å². The maximum absolute atomic E-state index is 12.9. The molecule has 0 saturated carbocycles. The van der Waals surface area contributed by atoms with E-state index in [0.717, 1.165) is 31.5 Å². The van der Waals surface area contributed by atoms with Crippen molar-refractivity contribution in [1.29, 1.82) is 0 Å². The summed E-state index contributed by atoms with van der Waals surface area (Å²) in [6.07, 6.45) is 2.74. The zero-order valence-electron chi connectivity index (χ0n) is 16.7. The van der Waals surface area contributed by atoms with Gasteiger partial charge in [-0.25, -0.2) is 13.1 Å². The molecule has 1 fully saturated rings. The Balaban J connectivity index is 1.96. The second kappa shape index (κ2) is 9.15. The number of aryl methyl sites for hydroxylation is 1. The highest BCUT2D eigenvalue weighted by Gasteiger charge is 2.25. The Morgan fingerprint density at radius 2 is 1.86 bits per heavy atom. The average molecular weight is 436 g/mol. The van der Waals surface area contributed by atoms with Crippen molar-refractivity contribution in [3.05, 3.63) is 52.5 Å². The molecule has 0 radical (unpaired) electrons. The second-order valence-corrected chi connectivity index (χ2v) is 9.36. The molecule has 0 unspecified atom stereocenters. The summed E-state index contributed by atoms with van der Waals surface area (Å²) in [5.74, 6) is -0.379. The molecule has 2 aromatic carbocycles. The summed E-state index contributed by atoms with van der Waals surface area (Å²) in [4.78, 5) is 15.0. The standard InChI is InChI=1S/C21H26ClN3O3S/c1-3-10-23-29(27,28)20-13-16(7-9-19(20)25-11-4-5-12-25)21(26)24-18-14-17(22)8-6-15(18)2/h6-9,13-14,23H,3-5,10-12H2,1-2H3,(H,24,26). The maximum Gasteiger partial charge on any atom is 0.255 e. The van der Waals surface area contributed by atoms with Gasteiger partial charge in [0.1, 0.15) is 4.90 Å². The zero-order chi connectivity index (χ0) is 21.0. The predicted molar refractivity (Wildman–Crippen MR) is 118 cm³/mol. The molecule has 156 valence electrons. The molecule has 3 rings (SSSR count). The van der Waals surface area contributed by atoms with Gasteiger partial charge in [0.05, 0.1) is 5.69 Å². The Bertz CT molecular complexity index is 1000. The molecule has 2 aromatic rings. The van der Waals surface area contributed by atoms with E-state index in [1.807, 2.05) is 19.9 Å². The monoisotopic (exact) mass is 435 g/mol. The van der Waals surface area contributed by atoms with Gasteiger partial charge in [0.15, 0.2) is 0 Å². The summed E-state index contributed by atoms with van der Waals surface area (Å²) >= 11 is 6.03. The molecule has 6 nitrogen and oxygen atoms in total. The third-order valence-corrected chi connectivity index (χ3v) is 6.67. The Morgan fingerprint density at radius 1 is 1.14 bits per heavy atom. The molecule has 0 aliphatic carbocycles. The second-order valence-electron chi connectivity index (χ2n) is 7.19. The summed E-state index contributed by atoms with van der Waals surface area (Å²) in [7, 11) is -3.73. The predicted octanol–water partition coefficient (Wildman–Crippen LogP) is 4.19. The van der Waals surface area contributed by atoms with Crippen LogP contribution in [0.5, 0.6) is 0 Å². The van der Waals surface area contributed by atoms with Gasteiger partial charge in [-0.3, -0.25) is 4.79 Å². The van der Waals surface area contributed by atoms with Crippen molar-refractivity contribution in [2.24, 2.45) is 0 Å². The fraction of sp³-hybridized carbons (Fsp3) is 0.381. The number of halogens is 1. The van der Waals surface area contributed by atoms with E-state index in [1.54, 1.807) is 24.3 Å². The van der Waals surface area contributed by atoms with E-state index in [9.17, 15) is 13.2 Å². The minimum atomic E-state index is -3.73. The van der Waals surface area contributed by atoms with Gasteiger partial charge in [-0.1, -0.05) is 24.6 Å². The normalized spacial score (nSPS) is 14.2. The van der Waals surface area contributed by atoms with Crippen molar-refractivity contribution in [2.45, 2.75) is 38.0 Å². The lowest BCUT2D eigenvalue weighted by atomic mass is 10.1. The molecule has 1 heterocycles. The number of nitrogens with one attached hydrogen (secondary N) is 2. The number of carbonyl (C=O) groups is 1. The van der Waals surface area contributed by atoms with Gasteiger partial charge in [0.25, 0.3) is 5.91 Å². The van der Waals surface area contributed by atoms with E-state index in [-0.39, 0.29) is 16.4 Å². The van der Waals surface area contributed by atoms with E-state index in [1.165, 1.54) is 6.07 Å². The smallest absolute Gasteiger partial charge is 0.255 e. The third kappa shape index (κ3) is 5.10. The van der Waals surface area contributed by atoms with Crippen LogP contribution in [-0.4, -0.2) is 34.0 Å². The Labute approximate surface area is 177 Å². The quantitative estimate of drug-likeness (QED) is 0.683. The highest BCUT2D eigenvalue weighted by atomic mass is 35.5. The molecule has 0 bridgehead atoms. The first-order valence-corrected chi connectivity index (χ1v) is 11.6. The van der Waals surface area contributed by atoms with Crippen molar-refractivity contribution >= 4 is 38.9 Å². The molecule has 1 saturated heterocycles. The fourth-order valence-electron chi connectivity index (χ4n) is 3.33. The Hall–Kier alpha value is -2.09. The average Bonchev–Trinajstić information content (AvgIpc) is 3.23. The highest BCUT2D eigenvalue weighted by molar-refractivity contribution is 7.89. The van der Waals surface area contributed by atoms with E-state index in [2.05, 4.69) is 14.9 Å². The number of amides is 1. The summed E-state index contributed by atoms with van der Waals surface area (Å²) in [6.45, 7) is 5.74. The molecule has 0 aromatic heterocycles. The number of hydrogen-bond acceptors (Lipinski definition) is 4. The van der Waals surface area contributed by atoms with Gasteiger partial charge in [0, 0.05) is 35.9 Å². The van der Waals surface area contributed by atoms with Crippen LogP contribution < -0.4 is 14.9 Å². The van der Waals surface area contributed by atoms with Crippen LogP contribution in [0.15, 0.2) is 41.3 Å². The van der Waals surface area contributed by atoms with E-state index in [0.29, 0.717) is 29.4 Å². The first-order chi connectivity index (χ1) is 13.8. The van der Waals surface area contributed by atoms with Crippen LogP contribution in [0.2, 0.25) is 5.02 Å². The maximum atomic E-state index is 12.9. The van der Waals surface area contributed by atoms with Crippen molar-refractivity contribution in [2.75, 3.05) is 29.9 Å². The van der Waals surface area contributed by atoms with Crippen LogP contribution in [0.1, 0.15) is 42.1 Å². The molecule has 2 N–H and O–H groups in total. The Morgan fingerprint density at radius 3 is 2.55 bits per heavy atom. The molecule has 0 atom stereocenters. The van der Waals surface area contributed by atoms with Gasteiger partial charge in [-0.05, 0) is 62.1 Å². The molecule has 29 heavy (non-hydrogen) atoms. The largest absolute Gasteiger partial charge is 0.370 e. The topological polar surface area (TPSA) is 78.5 Å². The number of carbonyl (C=O) groups excluding carboxylic acids is 1. The van der Waals surface area contributed by atoms with Crippen molar-refractivity contribution in [1.82, 2.24) is 4.72 Å². The highest BCUT2D eigenvalue weighted by Crippen LogP contribution is 2.30. The number of benzene rings is 2. The SMILES string of the molecule is CCCNS(=O)(=O)c1cc(C(=O)Nc2cc(Cl)ccc2C)ccc1N1CCCC1. The number of anilines is 2. The van der Waals surface area contributed by atoms with Crippen LogP contribution in [0.4, 0.5) is 11.4 Å². The molecule has 8 heteroatoms. The van der Waals surface area contributed by atoms with Crippen LogP contribution >= 0.6 is 11.6 Å². The fourth-order valence-corrected chi connectivity index (χ4v) is 4.88. The van der Waals surface area contributed by atoms with Gasteiger partial charge < -0.3 is 10.2 Å². The molecule has 1 aliphatic rings.